The third kappa shape index (κ3) is 4.78. The monoisotopic (exact) mass is 603 g/mol. The summed E-state index contributed by atoms with van der Waals surface area (Å²) in [6, 6.07) is 39.0. The summed E-state index contributed by atoms with van der Waals surface area (Å²) < 4.78 is 2.11. The van der Waals surface area contributed by atoms with Crippen molar-refractivity contribution in [3.63, 3.8) is 0 Å². The van der Waals surface area contributed by atoms with Crippen LogP contribution < -0.4 is 0 Å². The van der Waals surface area contributed by atoms with E-state index in [4.69, 9.17) is 19.9 Å². The number of pyridine rings is 4. The van der Waals surface area contributed by atoms with Crippen molar-refractivity contribution in [1.82, 2.24) is 34.3 Å². The Kier molecular flexibility index (Phi) is 6.31. The fourth-order valence-corrected chi connectivity index (χ4v) is 6.14. The molecule has 9 rings (SSSR count). The predicted molar refractivity (Wildman–Crippen MR) is 186 cm³/mol. The van der Waals surface area contributed by atoms with Crippen molar-refractivity contribution in [1.29, 1.82) is 0 Å². The molecule has 3 aromatic carbocycles. The highest BCUT2D eigenvalue weighted by Crippen LogP contribution is 2.36. The van der Waals surface area contributed by atoms with Gasteiger partial charge >= 0.3 is 0 Å². The average Bonchev–Trinajstić information content (AvgIpc) is 3.60. The van der Waals surface area contributed by atoms with Gasteiger partial charge in [0.1, 0.15) is 5.65 Å². The first kappa shape index (κ1) is 26.8. The van der Waals surface area contributed by atoms with Crippen LogP contribution in [-0.2, 0) is 0 Å². The topological polar surface area (TPSA) is 81.8 Å². The molecule has 0 spiro atoms. The quantitative estimate of drug-likeness (QED) is 0.183. The molecule has 0 aliphatic rings. The molecule has 0 aliphatic carbocycles. The van der Waals surface area contributed by atoms with Gasteiger partial charge in [0.05, 0.1) is 28.3 Å². The largest absolute Gasteiger partial charge is 0.306 e. The third-order valence-corrected chi connectivity index (χ3v) is 8.45. The van der Waals surface area contributed by atoms with Crippen LogP contribution in [0.5, 0.6) is 0 Å². The van der Waals surface area contributed by atoms with Crippen LogP contribution >= 0.6 is 0 Å². The molecule has 0 unspecified atom stereocenters. The van der Waals surface area contributed by atoms with Crippen molar-refractivity contribution < 1.29 is 0 Å². The lowest BCUT2D eigenvalue weighted by molar-refractivity contribution is 1.17. The van der Waals surface area contributed by atoms with E-state index in [1.165, 1.54) is 0 Å². The van der Waals surface area contributed by atoms with E-state index in [1.807, 2.05) is 54.6 Å². The Labute approximate surface area is 270 Å². The van der Waals surface area contributed by atoms with Gasteiger partial charge in [-0.15, -0.1) is 0 Å². The highest BCUT2D eigenvalue weighted by atomic mass is 15.0. The Morgan fingerprint density at radius 3 is 1.81 bits per heavy atom. The van der Waals surface area contributed by atoms with Gasteiger partial charge in [0.15, 0.2) is 5.82 Å². The first-order chi connectivity index (χ1) is 23.3. The van der Waals surface area contributed by atoms with Crippen molar-refractivity contribution >= 4 is 27.3 Å². The molecule has 0 bridgehead atoms. The Morgan fingerprint density at radius 2 is 1.06 bits per heavy atom. The number of fused-ring (bicyclic) bond motifs is 5. The second kappa shape index (κ2) is 11.1. The highest BCUT2D eigenvalue weighted by molar-refractivity contribution is 6.16. The van der Waals surface area contributed by atoms with E-state index >= 15 is 0 Å². The van der Waals surface area contributed by atoms with Crippen molar-refractivity contribution in [3.05, 3.63) is 152 Å². The van der Waals surface area contributed by atoms with Gasteiger partial charge in [-0.25, -0.2) is 19.9 Å². The number of hydrogen-bond donors (Lipinski definition) is 0. The van der Waals surface area contributed by atoms with Crippen LogP contribution in [0.1, 0.15) is 0 Å². The zero-order valence-corrected chi connectivity index (χ0v) is 25.1. The molecule has 7 heteroatoms. The zero-order chi connectivity index (χ0) is 31.2. The first-order valence-electron chi connectivity index (χ1n) is 15.3. The highest BCUT2D eigenvalue weighted by Gasteiger charge is 2.17. The van der Waals surface area contributed by atoms with Gasteiger partial charge in [0.2, 0.25) is 0 Å². The van der Waals surface area contributed by atoms with Crippen LogP contribution in [-0.4, -0.2) is 34.3 Å². The molecule has 0 saturated carbocycles. The standard InChI is InChI=1S/C40H25N7/c1-2-6-26(7-3-1)36-25-47-23-18-32-37(40(47)46-36)31-8-4-5-9-33(31)43-38(32)29-12-10-27(11-13-29)34-24-35(28-14-19-41-20-15-28)45-39(44-34)30-16-21-42-22-17-30/h1-25H. The molecule has 0 fully saturated rings. The Morgan fingerprint density at radius 1 is 0.447 bits per heavy atom. The van der Waals surface area contributed by atoms with Gasteiger partial charge in [-0.2, -0.15) is 0 Å². The molecule has 0 aliphatic heterocycles. The SMILES string of the molecule is c1ccc(-c2cn3ccc4c(-c5ccc(-c6cc(-c7ccncc7)nc(-c7ccncc7)n6)cc5)nc5ccccc5c4c3n2)cc1. The van der Waals surface area contributed by atoms with Gasteiger partial charge in [0.25, 0.3) is 0 Å². The molecule has 7 nitrogen and oxygen atoms in total. The third-order valence-electron chi connectivity index (χ3n) is 8.45. The van der Waals surface area contributed by atoms with Gasteiger partial charge < -0.3 is 4.40 Å². The van der Waals surface area contributed by atoms with Crippen molar-refractivity contribution in [2.45, 2.75) is 0 Å². The minimum atomic E-state index is 0.640. The van der Waals surface area contributed by atoms with E-state index < -0.39 is 0 Å². The Balaban J connectivity index is 1.19. The van der Waals surface area contributed by atoms with Crippen molar-refractivity contribution in [2.24, 2.45) is 0 Å². The van der Waals surface area contributed by atoms with Gasteiger partial charge in [-0.05, 0) is 42.5 Å². The predicted octanol–water partition coefficient (Wildman–Crippen LogP) is 8.95. The summed E-state index contributed by atoms with van der Waals surface area (Å²) >= 11 is 0. The molecule has 6 aromatic heterocycles. The molecule has 0 radical (unpaired) electrons. The number of rotatable bonds is 5. The number of nitrogens with zero attached hydrogens (tertiary/aromatic N) is 7. The lowest BCUT2D eigenvalue weighted by Gasteiger charge is -2.12. The van der Waals surface area contributed by atoms with E-state index in [0.29, 0.717) is 5.82 Å². The molecule has 220 valence electrons. The molecule has 6 heterocycles. The Bertz CT molecular complexity index is 2490. The maximum Gasteiger partial charge on any atom is 0.160 e. The fraction of sp³-hybridized carbons (Fsp3) is 0. The van der Waals surface area contributed by atoms with E-state index in [-0.39, 0.29) is 0 Å². The van der Waals surface area contributed by atoms with Gasteiger partial charge in [0, 0.05) is 81.2 Å². The van der Waals surface area contributed by atoms with Crippen molar-refractivity contribution in [2.75, 3.05) is 0 Å². The summed E-state index contributed by atoms with van der Waals surface area (Å²) in [6.45, 7) is 0. The summed E-state index contributed by atoms with van der Waals surface area (Å²) in [6.07, 6.45) is 11.2. The van der Waals surface area contributed by atoms with E-state index in [9.17, 15) is 0 Å². The Hall–Kier alpha value is -6.60. The second-order valence-electron chi connectivity index (χ2n) is 11.3. The average molecular weight is 604 g/mol. The van der Waals surface area contributed by atoms with Crippen molar-refractivity contribution in [3.8, 4) is 56.4 Å². The molecule has 9 aromatic rings. The summed E-state index contributed by atoms with van der Waals surface area (Å²) in [7, 11) is 0. The lowest BCUT2D eigenvalue weighted by atomic mass is 9.99. The summed E-state index contributed by atoms with van der Waals surface area (Å²) in [5, 5.41) is 3.21. The maximum atomic E-state index is 5.18. The molecule has 47 heavy (non-hydrogen) atoms. The summed E-state index contributed by atoms with van der Waals surface area (Å²) in [4.78, 5) is 28.5. The normalized spacial score (nSPS) is 11.4. The van der Waals surface area contributed by atoms with Gasteiger partial charge in [-0.1, -0.05) is 72.8 Å². The van der Waals surface area contributed by atoms with Crippen LogP contribution in [0.25, 0.3) is 83.7 Å². The fourth-order valence-electron chi connectivity index (χ4n) is 6.14. The first-order valence-corrected chi connectivity index (χ1v) is 15.3. The molecule has 0 saturated heterocycles. The lowest BCUT2D eigenvalue weighted by Crippen LogP contribution is -1.96. The number of benzene rings is 3. The van der Waals surface area contributed by atoms with Crippen LogP contribution in [0.15, 0.2) is 152 Å². The molecular weight excluding hydrogens is 578 g/mol. The molecule has 0 N–H and O–H groups in total. The summed E-state index contributed by atoms with van der Waals surface area (Å²) in [5.74, 6) is 0.640. The number of hydrogen-bond acceptors (Lipinski definition) is 6. The molecule has 0 amide bonds. The summed E-state index contributed by atoms with van der Waals surface area (Å²) in [5.41, 5.74) is 10.3. The number of aromatic nitrogens is 7. The molecular formula is C40H25N7. The van der Waals surface area contributed by atoms with Gasteiger partial charge in [-0.3, -0.25) is 9.97 Å². The number of imidazole rings is 1. The minimum absolute atomic E-state index is 0.640. The van der Waals surface area contributed by atoms with Crippen LogP contribution in [0, 0.1) is 0 Å². The minimum Gasteiger partial charge on any atom is -0.306 e. The number of para-hydroxylation sites is 1. The molecule has 0 atom stereocenters. The van der Waals surface area contributed by atoms with E-state index in [1.54, 1.807) is 24.8 Å². The smallest absolute Gasteiger partial charge is 0.160 e. The van der Waals surface area contributed by atoms with Crippen LogP contribution in [0.4, 0.5) is 0 Å². The van der Waals surface area contributed by atoms with Crippen LogP contribution in [0.3, 0.4) is 0 Å². The maximum absolute atomic E-state index is 5.18. The second-order valence-corrected chi connectivity index (χ2v) is 11.3. The van der Waals surface area contributed by atoms with Crippen LogP contribution in [0.2, 0.25) is 0 Å². The van der Waals surface area contributed by atoms with E-state index in [2.05, 4.69) is 87.4 Å². The zero-order valence-electron chi connectivity index (χ0n) is 25.1. The van der Waals surface area contributed by atoms with E-state index in [0.717, 1.165) is 77.9 Å².